The molecule has 0 bridgehead atoms. The minimum absolute atomic E-state index is 0. The third-order valence-electron chi connectivity index (χ3n) is 9.04. The van der Waals surface area contributed by atoms with Crippen molar-refractivity contribution < 1.29 is 34.4 Å². The number of rotatable bonds is 11. The molecule has 0 atom stereocenters. The number of fused-ring (bicyclic) bond motifs is 2. The molecule has 0 amide bonds. The van der Waals surface area contributed by atoms with Crippen LogP contribution in [-0.4, -0.2) is 25.8 Å². The molecule has 0 saturated carbocycles. The van der Waals surface area contributed by atoms with E-state index in [1.165, 1.54) is 17.0 Å². The third kappa shape index (κ3) is 9.73. The Morgan fingerprint density at radius 3 is 2.20 bits per heavy atom. The fourth-order valence-electron chi connectivity index (χ4n) is 6.19. The second-order valence-corrected chi connectivity index (χ2v) is 14.1. The Morgan fingerprint density at radius 2 is 1.57 bits per heavy atom. The molecule has 263 valence electrons. The van der Waals surface area contributed by atoms with E-state index in [-0.39, 0.29) is 48.9 Å². The van der Waals surface area contributed by atoms with Gasteiger partial charge in [0.15, 0.2) is 11.4 Å². The molecule has 0 unspecified atom stereocenters. The van der Waals surface area contributed by atoms with Crippen LogP contribution in [0.15, 0.2) is 77.5 Å². The van der Waals surface area contributed by atoms with Crippen molar-refractivity contribution in [3.63, 3.8) is 0 Å². The number of carbonyl (C=O) groups is 1. The zero-order chi connectivity index (χ0) is 35.0. The number of pyridine rings is 1. The standard InChI is InChI=1S/C29H28N3O.C13H24O2.Ir/c1-18(2)12-21-16-33-28-23(10-11-30-27(21)28)26-15-25(31-17-32-26)20-13-19-8-6-7-9-22(19)24(14-20)29(3,4)5;1-5-10(6-2)12(14)9-13(15)11(7-3)8-4;/h6-11,14-18H,12H2,1-5H3;9-11,14H,5-8H2,1-4H3;/q-1;;/b;12-9-;. The number of hydrogen-bond donors (Lipinski definition) is 1. The van der Waals surface area contributed by atoms with E-state index in [4.69, 9.17) is 4.42 Å². The molecule has 0 aliphatic rings. The maximum Gasteiger partial charge on any atom is 0.162 e. The van der Waals surface area contributed by atoms with Gasteiger partial charge in [0, 0.05) is 61.0 Å². The Kier molecular flexibility index (Phi) is 14.5. The van der Waals surface area contributed by atoms with Crippen molar-refractivity contribution in [3.8, 4) is 22.5 Å². The fourth-order valence-corrected chi connectivity index (χ4v) is 6.19. The van der Waals surface area contributed by atoms with E-state index in [9.17, 15) is 9.90 Å². The predicted molar refractivity (Wildman–Crippen MR) is 198 cm³/mol. The largest absolute Gasteiger partial charge is 0.512 e. The number of benzene rings is 2. The summed E-state index contributed by atoms with van der Waals surface area (Å²) in [5.74, 6) is 1.08. The number of allylic oxidation sites excluding steroid dienone is 2. The van der Waals surface area contributed by atoms with Crippen LogP contribution in [0.25, 0.3) is 44.4 Å². The molecule has 0 fully saturated rings. The van der Waals surface area contributed by atoms with Gasteiger partial charge in [0.1, 0.15) is 11.8 Å². The first-order valence-electron chi connectivity index (χ1n) is 17.5. The smallest absolute Gasteiger partial charge is 0.162 e. The van der Waals surface area contributed by atoms with Gasteiger partial charge in [-0.2, -0.15) is 0 Å². The zero-order valence-electron chi connectivity index (χ0n) is 30.6. The number of furan rings is 1. The summed E-state index contributed by atoms with van der Waals surface area (Å²) in [7, 11) is 0. The second kappa shape index (κ2) is 17.8. The molecule has 1 N–H and O–H groups in total. The van der Waals surface area contributed by atoms with Gasteiger partial charge < -0.3 is 9.52 Å². The first kappa shape index (κ1) is 39.8. The van der Waals surface area contributed by atoms with E-state index in [1.54, 1.807) is 6.33 Å². The predicted octanol–water partition coefficient (Wildman–Crippen LogP) is 11.3. The molecule has 5 aromatic rings. The van der Waals surface area contributed by atoms with Crippen molar-refractivity contribution in [3.05, 3.63) is 90.3 Å². The van der Waals surface area contributed by atoms with E-state index in [0.29, 0.717) is 5.92 Å². The first-order valence-corrected chi connectivity index (χ1v) is 17.5. The molecule has 0 aliphatic heterocycles. The van der Waals surface area contributed by atoms with Gasteiger partial charge in [-0.3, -0.25) is 14.8 Å². The molecule has 7 heteroatoms. The molecule has 1 radical (unpaired) electrons. The number of aliphatic hydroxyl groups is 1. The van der Waals surface area contributed by atoms with Gasteiger partial charge in [-0.1, -0.05) is 91.5 Å². The van der Waals surface area contributed by atoms with Gasteiger partial charge in [-0.25, -0.2) is 4.98 Å². The molecule has 0 saturated heterocycles. The van der Waals surface area contributed by atoms with Crippen LogP contribution in [0.4, 0.5) is 0 Å². The van der Waals surface area contributed by atoms with Crippen LogP contribution in [0.3, 0.4) is 0 Å². The Balaban J connectivity index is 0.000000347. The van der Waals surface area contributed by atoms with Gasteiger partial charge in [-0.15, -0.1) is 29.1 Å². The van der Waals surface area contributed by atoms with Crippen LogP contribution >= 0.6 is 0 Å². The molecular weight excluding hydrogens is 787 g/mol. The van der Waals surface area contributed by atoms with Crippen molar-refractivity contribution in [2.75, 3.05) is 0 Å². The van der Waals surface area contributed by atoms with Crippen LogP contribution in [0, 0.1) is 23.8 Å². The van der Waals surface area contributed by atoms with Crippen LogP contribution in [-0.2, 0) is 36.7 Å². The van der Waals surface area contributed by atoms with Gasteiger partial charge >= 0.3 is 0 Å². The van der Waals surface area contributed by atoms with E-state index < -0.39 is 0 Å². The molecule has 0 aliphatic carbocycles. The molecule has 5 rings (SSSR count). The van der Waals surface area contributed by atoms with Crippen molar-refractivity contribution in [2.45, 2.75) is 99.8 Å². The summed E-state index contributed by atoms with van der Waals surface area (Å²) in [6, 6.07) is 18.2. The maximum atomic E-state index is 11.7. The molecular formula is C42H52IrN3O3-. The topological polar surface area (TPSA) is 89.1 Å². The minimum atomic E-state index is -0.00242. The second-order valence-electron chi connectivity index (χ2n) is 14.1. The third-order valence-corrected chi connectivity index (χ3v) is 9.04. The Hall–Kier alpha value is -3.67. The number of aliphatic hydroxyl groups excluding tert-OH is 1. The summed E-state index contributed by atoms with van der Waals surface area (Å²) in [5, 5.41) is 12.1. The molecule has 2 aromatic carbocycles. The summed E-state index contributed by atoms with van der Waals surface area (Å²) in [4.78, 5) is 25.5. The Labute approximate surface area is 306 Å². The average molecular weight is 839 g/mol. The molecule has 0 spiro atoms. The van der Waals surface area contributed by atoms with Gasteiger partial charge in [0.05, 0.1) is 17.7 Å². The normalized spacial score (nSPS) is 12.0. The van der Waals surface area contributed by atoms with E-state index in [2.05, 4.69) is 86.0 Å². The first-order chi connectivity index (χ1) is 22.9. The van der Waals surface area contributed by atoms with Crippen LogP contribution in [0.1, 0.15) is 99.1 Å². The van der Waals surface area contributed by atoms with E-state index >= 15 is 0 Å². The van der Waals surface area contributed by atoms with Crippen molar-refractivity contribution in [1.82, 2.24) is 15.0 Å². The molecule has 3 aromatic heterocycles. The van der Waals surface area contributed by atoms with E-state index in [1.807, 2.05) is 52.3 Å². The quantitative estimate of drug-likeness (QED) is 0.0810. The number of carbonyl (C=O) groups excluding carboxylic acids is 1. The Morgan fingerprint density at radius 1 is 0.918 bits per heavy atom. The van der Waals surface area contributed by atoms with E-state index in [0.717, 1.165) is 76.7 Å². The van der Waals surface area contributed by atoms with Crippen LogP contribution < -0.4 is 0 Å². The van der Waals surface area contributed by atoms with Crippen LogP contribution in [0.2, 0.25) is 0 Å². The molecule has 3 heterocycles. The number of aromatic nitrogens is 3. The summed E-state index contributed by atoms with van der Waals surface area (Å²) in [6.07, 6.45) is 11.1. The summed E-state index contributed by atoms with van der Waals surface area (Å²) in [6.45, 7) is 19.2. The number of hydrogen-bond acceptors (Lipinski definition) is 6. The number of ketones is 1. The zero-order valence-corrected chi connectivity index (χ0v) is 33.0. The van der Waals surface area contributed by atoms with Crippen molar-refractivity contribution in [1.29, 1.82) is 0 Å². The summed E-state index contributed by atoms with van der Waals surface area (Å²) in [5.41, 5.74) is 7.65. The summed E-state index contributed by atoms with van der Waals surface area (Å²) >= 11 is 0. The SMILES string of the molecule is CC(C)Cc1coc2c(-c3cc(-c4[c-]c5ccccc5c(C(C)(C)C)c4)ncn3)ccnc12.CCC(CC)C(=O)/C=C(\O)C(CC)CC.[Ir]. The summed E-state index contributed by atoms with van der Waals surface area (Å²) < 4.78 is 5.97. The number of nitrogens with zero attached hydrogens (tertiary/aromatic N) is 3. The monoisotopic (exact) mass is 839 g/mol. The molecule has 6 nitrogen and oxygen atoms in total. The maximum absolute atomic E-state index is 11.7. The fraction of sp³-hybridized carbons (Fsp3) is 0.429. The molecule has 49 heavy (non-hydrogen) atoms. The average Bonchev–Trinajstić information content (AvgIpc) is 3.47. The van der Waals surface area contributed by atoms with Gasteiger partial charge in [0.2, 0.25) is 0 Å². The van der Waals surface area contributed by atoms with Gasteiger partial charge in [0.25, 0.3) is 0 Å². The minimum Gasteiger partial charge on any atom is -0.512 e. The van der Waals surface area contributed by atoms with Gasteiger partial charge in [-0.05, 0) is 55.6 Å². The van der Waals surface area contributed by atoms with Crippen molar-refractivity contribution >= 4 is 27.7 Å². The van der Waals surface area contributed by atoms with Crippen molar-refractivity contribution in [2.24, 2.45) is 17.8 Å². The van der Waals surface area contributed by atoms with Crippen LogP contribution in [0.5, 0.6) is 0 Å². The Bertz CT molecular complexity index is 1860.